The van der Waals surface area contributed by atoms with Crippen LogP contribution < -0.4 is 0 Å². The molecule has 60 valence electrons. The Morgan fingerprint density at radius 1 is 1.42 bits per heavy atom. The van der Waals surface area contributed by atoms with E-state index < -0.39 is 5.97 Å². The Labute approximate surface area is 71.5 Å². The third kappa shape index (κ3) is 0.947. The van der Waals surface area contributed by atoms with Crippen LogP contribution in [-0.4, -0.2) is 21.0 Å². The van der Waals surface area contributed by atoms with Crippen LogP contribution in [-0.2, 0) is 0 Å². The van der Waals surface area contributed by atoms with Gasteiger partial charge >= 0.3 is 5.97 Å². The average molecular weight is 180 g/mol. The third-order valence-corrected chi connectivity index (χ3v) is 2.31. The molecule has 0 saturated carbocycles. The molecule has 0 unspecified atom stereocenters. The van der Waals surface area contributed by atoms with Crippen LogP contribution in [0.5, 0.6) is 0 Å². The fourth-order valence-corrected chi connectivity index (χ4v) is 1.76. The number of carbonyl (C=O) groups is 1. The second-order valence-electron chi connectivity index (χ2n) is 2.16. The molecule has 2 rings (SSSR count). The fourth-order valence-electron chi connectivity index (χ4n) is 0.919. The minimum Gasteiger partial charge on any atom is -0.478 e. The maximum Gasteiger partial charge on any atom is 0.338 e. The summed E-state index contributed by atoms with van der Waals surface area (Å²) in [7, 11) is 0. The van der Waals surface area contributed by atoms with Gasteiger partial charge in [-0.15, -0.1) is 11.3 Å². The van der Waals surface area contributed by atoms with Gasteiger partial charge in [0.2, 0.25) is 0 Å². The molecule has 2 aromatic heterocycles. The largest absolute Gasteiger partial charge is 0.478 e. The van der Waals surface area contributed by atoms with Gasteiger partial charge in [0.25, 0.3) is 0 Å². The second kappa shape index (κ2) is 2.53. The van der Waals surface area contributed by atoms with E-state index in [-0.39, 0.29) is 5.56 Å². The van der Waals surface area contributed by atoms with E-state index in [0.717, 1.165) is 0 Å². The van der Waals surface area contributed by atoms with E-state index in [0.29, 0.717) is 10.3 Å². The van der Waals surface area contributed by atoms with E-state index in [1.165, 1.54) is 17.5 Å². The minimum absolute atomic E-state index is 0.225. The maximum atomic E-state index is 10.6. The van der Waals surface area contributed by atoms with Crippen LogP contribution in [0, 0.1) is 0 Å². The lowest BCUT2D eigenvalue weighted by Crippen LogP contribution is -1.94. The number of hydrogen-bond donors (Lipinski definition) is 1. The first-order chi connectivity index (χ1) is 5.79. The molecule has 0 fully saturated rings. The first kappa shape index (κ1) is 7.17. The Balaban J connectivity index is 2.79. The number of aromatic carboxylic acids is 1. The minimum atomic E-state index is -0.957. The number of thiophene rings is 1. The molecule has 1 N–H and O–H groups in total. The van der Waals surface area contributed by atoms with Gasteiger partial charge in [0, 0.05) is 17.8 Å². The number of aromatic nitrogens is 2. The SMILES string of the molecule is O=C(O)c1csc2nccnc12. The average Bonchev–Trinajstić information content (AvgIpc) is 2.47. The first-order valence-electron chi connectivity index (χ1n) is 3.20. The topological polar surface area (TPSA) is 63.1 Å². The zero-order chi connectivity index (χ0) is 8.55. The van der Waals surface area contributed by atoms with Gasteiger partial charge in [0.1, 0.15) is 10.3 Å². The summed E-state index contributed by atoms with van der Waals surface area (Å²) < 4.78 is 0. The molecule has 0 amide bonds. The Hall–Kier alpha value is -1.49. The van der Waals surface area contributed by atoms with E-state index in [4.69, 9.17) is 5.11 Å². The van der Waals surface area contributed by atoms with Crippen LogP contribution in [0.3, 0.4) is 0 Å². The van der Waals surface area contributed by atoms with E-state index in [1.54, 1.807) is 11.6 Å². The van der Waals surface area contributed by atoms with Crippen LogP contribution >= 0.6 is 11.3 Å². The number of hydrogen-bond acceptors (Lipinski definition) is 4. The van der Waals surface area contributed by atoms with E-state index in [2.05, 4.69) is 9.97 Å². The molecule has 2 aromatic rings. The van der Waals surface area contributed by atoms with Crippen molar-refractivity contribution in [3.8, 4) is 0 Å². The number of carboxylic acids is 1. The smallest absolute Gasteiger partial charge is 0.338 e. The molecule has 0 bridgehead atoms. The number of rotatable bonds is 1. The third-order valence-electron chi connectivity index (χ3n) is 1.44. The summed E-state index contributed by atoms with van der Waals surface area (Å²) in [6.45, 7) is 0. The lowest BCUT2D eigenvalue weighted by Gasteiger charge is -1.88. The van der Waals surface area contributed by atoms with Crippen molar-refractivity contribution < 1.29 is 9.90 Å². The molecule has 2 heterocycles. The molecule has 0 aliphatic heterocycles. The summed E-state index contributed by atoms with van der Waals surface area (Å²) in [5, 5.41) is 10.3. The first-order valence-corrected chi connectivity index (χ1v) is 4.08. The molecule has 4 nitrogen and oxygen atoms in total. The fraction of sp³-hybridized carbons (Fsp3) is 0. The van der Waals surface area contributed by atoms with E-state index >= 15 is 0 Å². The highest BCUT2D eigenvalue weighted by atomic mass is 32.1. The van der Waals surface area contributed by atoms with Crippen LogP contribution in [0.4, 0.5) is 0 Å². The van der Waals surface area contributed by atoms with E-state index in [1.807, 2.05) is 0 Å². The highest BCUT2D eigenvalue weighted by Gasteiger charge is 2.11. The van der Waals surface area contributed by atoms with Crippen molar-refractivity contribution in [3.63, 3.8) is 0 Å². The number of nitrogens with zero attached hydrogens (tertiary/aromatic N) is 2. The Kier molecular flexibility index (Phi) is 1.51. The highest BCUT2D eigenvalue weighted by molar-refractivity contribution is 7.17. The van der Waals surface area contributed by atoms with Crippen molar-refractivity contribution in [1.82, 2.24) is 9.97 Å². The van der Waals surface area contributed by atoms with Gasteiger partial charge in [-0.25, -0.2) is 9.78 Å². The van der Waals surface area contributed by atoms with E-state index in [9.17, 15) is 4.79 Å². The molecule has 5 heteroatoms. The molecule has 0 radical (unpaired) electrons. The van der Waals surface area contributed by atoms with Crippen molar-refractivity contribution in [2.75, 3.05) is 0 Å². The molecule has 0 saturated heterocycles. The van der Waals surface area contributed by atoms with Crippen molar-refractivity contribution in [2.45, 2.75) is 0 Å². The molecule has 12 heavy (non-hydrogen) atoms. The summed E-state index contributed by atoms with van der Waals surface area (Å²) in [5.74, 6) is -0.957. The standard InChI is InChI=1S/C7H4N2O2S/c10-7(11)4-3-12-6-5(4)8-1-2-9-6/h1-3H,(H,10,11). The van der Waals surface area contributed by atoms with Crippen molar-refractivity contribution in [1.29, 1.82) is 0 Å². The lowest BCUT2D eigenvalue weighted by atomic mass is 10.3. The predicted molar refractivity (Wildman–Crippen MR) is 44.4 cm³/mol. The molecular weight excluding hydrogens is 176 g/mol. The predicted octanol–water partition coefficient (Wildman–Crippen LogP) is 1.39. The Morgan fingerprint density at radius 2 is 2.17 bits per heavy atom. The highest BCUT2D eigenvalue weighted by Crippen LogP contribution is 2.20. The number of fused-ring (bicyclic) bond motifs is 1. The van der Waals surface area contributed by atoms with Crippen molar-refractivity contribution in [2.24, 2.45) is 0 Å². The van der Waals surface area contributed by atoms with Gasteiger partial charge < -0.3 is 5.11 Å². The quantitative estimate of drug-likeness (QED) is 0.720. The summed E-state index contributed by atoms with van der Waals surface area (Å²) in [5.41, 5.74) is 0.693. The molecule has 0 atom stereocenters. The van der Waals surface area contributed by atoms with Gasteiger partial charge in [0.05, 0.1) is 5.56 Å². The molecule has 0 aliphatic carbocycles. The van der Waals surface area contributed by atoms with Gasteiger partial charge in [-0.2, -0.15) is 0 Å². The molecular formula is C7H4N2O2S. The van der Waals surface area contributed by atoms with Crippen LogP contribution in [0.1, 0.15) is 10.4 Å². The van der Waals surface area contributed by atoms with Crippen molar-refractivity contribution in [3.05, 3.63) is 23.3 Å². The molecule has 0 spiro atoms. The lowest BCUT2D eigenvalue weighted by molar-refractivity contribution is 0.0699. The summed E-state index contributed by atoms with van der Waals surface area (Å²) >= 11 is 1.29. The summed E-state index contributed by atoms with van der Waals surface area (Å²) in [6, 6.07) is 0. The normalized spacial score (nSPS) is 10.3. The van der Waals surface area contributed by atoms with Crippen LogP contribution in [0.25, 0.3) is 10.3 Å². The summed E-state index contributed by atoms with van der Waals surface area (Å²) in [6.07, 6.45) is 3.03. The summed E-state index contributed by atoms with van der Waals surface area (Å²) in [4.78, 5) is 19.2. The Morgan fingerprint density at radius 3 is 2.92 bits per heavy atom. The molecule has 0 aliphatic rings. The second-order valence-corrected chi connectivity index (χ2v) is 3.02. The van der Waals surface area contributed by atoms with Crippen LogP contribution in [0.15, 0.2) is 17.8 Å². The van der Waals surface area contributed by atoms with Gasteiger partial charge in [-0.3, -0.25) is 4.98 Å². The molecule has 0 aromatic carbocycles. The van der Waals surface area contributed by atoms with Gasteiger partial charge in [-0.05, 0) is 0 Å². The Bertz CT molecular complexity index is 438. The van der Waals surface area contributed by atoms with Gasteiger partial charge in [-0.1, -0.05) is 0 Å². The van der Waals surface area contributed by atoms with Crippen molar-refractivity contribution >= 4 is 27.7 Å². The van der Waals surface area contributed by atoms with Crippen LogP contribution in [0.2, 0.25) is 0 Å². The monoisotopic (exact) mass is 180 g/mol. The van der Waals surface area contributed by atoms with Gasteiger partial charge in [0.15, 0.2) is 0 Å². The maximum absolute atomic E-state index is 10.6. The zero-order valence-corrected chi connectivity index (χ0v) is 6.71. The zero-order valence-electron chi connectivity index (χ0n) is 5.89. The number of carboxylic acid groups (broad SMARTS) is 1.